The summed E-state index contributed by atoms with van der Waals surface area (Å²) in [5.41, 5.74) is 5.74. The smallest absolute Gasteiger partial charge is 0.262 e. The van der Waals surface area contributed by atoms with Gasteiger partial charge in [0.15, 0.2) is 6.61 Å². The molecule has 0 spiro atoms. The number of para-hydroxylation sites is 1. The Kier molecular flexibility index (Phi) is 6.96. The first kappa shape index (κ1) is 18.6. The van der Waals surface area contributed by atoms with Crippen LogP contribution in [0.5, 0.6) is 5.75 Å². The number of nitrogens with two attached hydrogens (primary N) is 1. The highest BCUT2D eigenvalue weighted by molar-refractivity contribution is 9.10. The molecular formula is C16H14BrClN2O3S. The van der Waals surface area contributed by atoms with Crippen molar-refractivity contribution in [1.29, 1.82) is 0 Å². The number of primary amides is 1. The molecule has 0 aliphatic carbocycles. The molecule has 0 aliphatic rings. The lowest BCUT2D eigenvalue weighted by Gasteiger charge is -2.11. The Labute approximate surface area is 157 Å². The molecule has 3 N–H and O–H groups in total. The van der Waals surface area contributed by atoms with Crippen molar-refractivity contribution in [3.63, 3.8) is 0 Å². The number of ether oxygens (including phenoxy) is 1. The third kappa shape index (κ3) is 5.74. The molecule has 0 saturated heterocycles. The van der Waals surface area contributed by atoms with Gasteiger partial charge in [0.1, 0.15) is 5.75 Å². The molecule has 2 rings (SSSR count). The third-order valence-electron chi connectivity index (χ3n) is 2.78. The summed E-state index contributed by atoms with van der Waals surface area (Å²) >= 11 is 10.6. The van der Waals surface area contributed by atoms with E-state index in [1.165, 1.54) is 11.8 Å². The van der Waals surface area contributed by atoms with Gasteiger partial charge >= 0.3 is 0 Å². The fourth-order valence-electron chi connectivity index (χ4n) is 1.76. The maximum atomic E-state index is 12.1. The van der Waals surface area contributed by atoms with Gasteiger partial charge in [0, 0.05) is 9.37 Å². The Morgan fingerprint density at radius 1 is 1.25 bits per heavy atom. The summed E-state index contributed by atoms with van der Waals surface area (Å²) in [4.78, 5) is 23.7. The minimum Gasteiger partial charge on any atom is -0.482 e. The largest absolute Gasteiger partial charge is 0.482 e. The first-order chi connectivity index (χ1) is 11.5. The molecular weight excluding hydrogens is 416 g/mol. The number of halogens is 2. The molecule has 2 aromatic rings. The first-order valence-corrected chi connectivity index (χ1v) is 8.99. The van der Waals surface area contributed by atoms with E-state index in [0.29, 0.717) is 16.5 Å². The number of hydrogen-bond donors (Lipinski definition) is 2. The Bertz CT molecular complexity index is 758. The maximum Gasteiger partial charge on any atom is 0.262 e. The van der Waals surface area contributed by atoms with Crippen LogP contribution >= 0.6 is 39.3 Å². The molecule has 0 aliphatic heterocycles. The van der Waals surface area contributed by atoms with Crippen molar-refractivity contribution in [2.24, 2.45) is 5.73 Å². The van der Waals surface area contributed by atoms with Gasteiger partial charge in [-0.1, -0.05) is 39.7 Å². The van der Waals surface area contributed by atoms with Crippen LogP contribution in [-0.4, -0.2) is 24.2 Å². The monoisotopic (exact) mass is 428 g/mol. The maximum absolute atomic E-state index is 12.1. The molecule has 24 heavy (non-hydrogen) atoms. The van der Waals surface area contributed by atoms with Crippen molar-refractivity contribution in [1.82, 2.24) is 0 Å². The number of nitrogens with one attached hydrogen (secondary N) is 1. The van der Waals surface area contributed by atoms with Crippen LogP contribution in [0.4, 0.5) is 5.69 Å². The number of amides is 2. The zero-order valence-electron chi connectivity index (χ0n) is 12.4. The standard InChI is InChI=1S/C16H14BrClN2O3S/c17-10-5-6-11(18)13(7-10)23-8-16(22)20-12-3-1-2-4-14(12)24-9-15(19)21/h1-7H,8-9H2,(H2,19,21)(H,20,22). The van der Waals surface area contributed by atoms with Gasteiger partial charge in [-0.3, -0.25) is 9.59 Å². The molecule has 0 fully saturated rings. The molecule has 0 heterocycles. The van der Waals surface area contributed by atoms with Crippen LogP contribution < -0.4 is 15.8 Å². The number of hydrogen-bond acceptors (Lipinski definition) is 4. The molecule has 5 nitrogen and oxygen atoms in total. The summed E-state index contributed by atoms with van der Waals surface area (Å²) in [7, 11) is 0. The molecule has 0 bridgehead atoms. The molecule has 0 unspecified atom stereocenters. The van der Waals surface area contributed by atoms with Crippen LogP contribution in [0.1, 0.15) is 0 Å². The van der Waals surface area contributed by atoms with Gasteiger partial charge in [0.05, 0.1) is 16.5 Å². The van der Waals surface area contributed by atoms with Crippen LogP contribution in [-0.2, 0) is 9.59 Å². The van der Waals surface area contributed by atoms with E-state index < -0.39 is 5.91 Å². The predicted octanol–water partition coefficient (Wildman–Crippen LogP) is 3.70. The zero-order valence-corrected chi connectivity index (χ0v) is 15.6. The van der Waals surface area contributed by atoms with Gasteiger partial charge in [-0.2, -0.15) is 0 Å². The normalized spacial score (nSPS) is 10.2. The minimum atomic E-state index is -0.422. The average Bonchev–Trinajstić information content (AvgIpc) is 2.55. The first-order valence-electron chi connectivity index (χ1n) is 6.83. The van der Waals surface area contributed by atoms with Gasteiger partial charge in [-0.05, 0) is 30.3 Å². The third-order valence-corrected chi connectivity index (χ3v) is 4.68. The topological polar surface area (TPSA) is 81.4 Å². The Hall–Kier alpha value is -1.70. The Morgan fingerprint density at radius 2 is 2.00 bits per heavy atom. The van der Waals surface area contributed by atoms with Crippen LogP contribution in [0, 0.1) is 0 Å². The average molecular weight is 430 g/mol. The lowest BCUT2D eigenvalue weighted by Crippen LogP contribution is -2.20. The summed E-state index contributed by atoms with van der Waals surface area (Å²) < 4.78 is 6.24. The fourth-order valence-corrected chi connectivity index (χ4v) is 3.02. The van der Waals surface area contributed by atoms with Gasteiger partial charge in [0.2, 0.25) is 5.91 Å². The summed E-state index contributed by atoms with van der Waals surface area (Å²) in [5, 5.41) is 3.17. The second-order valence-corrected chi connectivity index (χ2v) is 7.00. The lowest BCUT2D eigenvalue weighted by atomic mass is 10.3. The van der Waals surface area contributed by atoms with E-state index in [0.717, 1.165) is 9.37 Å². The molecule has 126 valence electrons. The van der Waals surface area contributed by atoms with Crippen molar-refractivity contribution >= 4 is 56.8 Å². The number of rotatable bonds is 7. The summed E-state index contributed by atoms with van der Waals surface area (Å²) in [6.07, 6.45) is 0. The van der Waals surface area contributed by atoms with E-state index in [2.05, 4.69) is 21.2 Å². The summed E-state index contributed by atoms with van der Waals surface area (Å²) in [6, 6.07) is 12.3. The Morgan fingerprint density at radius 3 is 2.75 bits per heavy atom. The molecule has 2 aromatic carbocycles. The Balaban J connectivity index is 1.97. The molecule has 0 aromatic heterocycles. The van der Waals surface area contributed by atoms with Crippen molar-refractivity contribution < 1.29 is 14.3 Å². The van der Waals surface area contributed by atoms with Crippen molar-refractivity contribution in [3.05, 3.63) is 52.0 Å². The zero-order chi connectivity index (χ0) is 17.5. The summed E-state index contributed by atoms with van der Waals surface area (Å²) in [6.45, 7) is -0.189. The van der Waals surface area contributed by atoms with E-state index >= 15 is 0 Å². The van der Waals surface area contributed by atoms with Gasteiger partial charge < -0.3 is 15.8 Å². The van der Waals surface area contributed by atoms with E-state index in [1.807, 2.05) is 6.07 Å². The molecule has 0 saturated carbocycles. The highest BCUT2D eigenvalue weighted by Gasteiger charge is 2.10. The van der Waals surface area contributed by atoms with E-state index in [1.54, 1.807) is 36.4 Å². The highest BCUT2D eigenvalue weighted by atomic mass is 79.9. The number of anilines is 1. The van der Waals surface area contributed by atoms with Crippen LogP contribution in [0.3, 0.4) is 0 Å². The predicted molar refractivity (Wildman–Crippen MR) is 99.6 cm³/mol. The number of benzene rings is 2. The second kappa shape index (κ2) is 8.96. The quantitative estimate of drug-likeness (QED) is 0.658. The van der Waals surface area contributed by atoms with Crippen LogP contribution in [0.25, 0.3) is 0 Å². The van der Waals surface area contributed by atoms with Crippen LogP contribution in [0.2, 0.25) is 5.02 Å². The minimum absolute atomic E-state index is 0.136. The van der Waals surface area contributed by atoms with Gasteiger partial charge in [0.25, 0.3) is 5.91 Å². The van der Waals surface area contributed by atoms with E-state index in [9.17, 15) is 9.59 Å². The van der Waals surface area contributed by atoms with E-state index in [4.69, 9.17) is 22.1 Å². The van der Waals surface area contributed by atoms with E-state index in [-0.39, 0.29) is 18.3 Å². The van der Waals surface area contributed by atoms with Crippen LogP contribution in [0.15, 0.2) is 51.8 Å². The number of carbonyl (C=O) groups excluding carboxylic acids is 2. The summed E-state index contributed by atoms with van der Waals surface area (Å²) in [5.74, 6) is -0.207. The number of carbonyl (C=O) groups is 2. The SMILES string of the molecule is NC(=O)CSc1ccccc1NC(=O)COc1cc(Br)ccc1Cl. The number of thioether (sulfide) groups is 1. The van der Waals surface area contributed by atoms with Crippen molar-refractivity contribution in [2.45, 2.75) is 4.90 Å². The van der Waals surface area contributed by atoms with Gasteiger partial charge in [-0.15, -0.1) is 11.8 Å². The second-order valence-electron chi connectivity index (χ2n) is 4.66. The fraction of sp³-hybridized carbons (Fsp3) is 0.125. The van der Waals surface area contributed by atoms with Crippen molar-refractivity contribution in [2.75, 3.05) is 17.7 Å². The molecule has 8 heteroatoms. The van der Waals surface area contributed by atoms with Gasteiger partial charge in [-0.25, -0.2) is 0 Å². The molecule has 0 atom stereocenters. The highest BCUT2D eigenvalue weighted by Crippen LogP contribution is 2.29. The molecule has 0 radical (unpaired) electrons. The molecule has 2 amide bonds. The lowest BCUT2D eigenvalue weighted by molar-refractivity contribution is -0.118. The van der Waals surface area contributed by atoms with Crippen molar-refractivity contribution in [3.8, 4) is 5.75 Å².